The number of nitrogens with two attached hydrogens (primary N) is 1. The molecule has 1 aromatic rings. The Balaban J connectivity index is 2.46. The molecule has 0 bridgehead atoms. The van der Waals surface area contributed by atoms with Crippen LogP contribution in [0, 0.1) is 0 Å². The van der Waals surface area contributed by atoms with Crippen LogP contribution in [0.2, 0.25) is 0 Å². The molecule has 0 saturated heterocycles. The van der Waals surface area contributed by atoms with Crippen LogP contribution in [0.3, 0.4) is 0 Å². The maximum atomic E-state index is 10.7. The Bertz CT molecular complexity index is 281. The lowest BCUT2D eigenvalue weighted by molar-refractivity contribution is -0.144. The van der Waals surface area contributed by atoms with E-state index in [1.807, 2.05) is 0 Å². The summed E-state index contributed by atoms with van der Waals surface area (Å²) in [5, 5.41) is 8.97. The summed E-state index contributed by atoms with van der Waals surface area (Å²) in [6, 6.07) is 6.64. The fourth-order valence-corrected chi connectivity index (χ4v) is 0.968. The summed E-state index contributed by atoms with van der Waals surface area (Å²) in [4.78, 5) is 14.7. The molecule has 0 saturated carbocycles. The van der Waals surface area contributed by atoms with Gasteiger partial charge in [0.15, 0.2) is 0 Å². The second kappa shape index (κ2) is 4.47. The lowest BCUT2D eigenvalue weighted by atomic mass is 10.1. The van der Waals surface area contributed by atoms with Gasteiger partial charge in [0, 0.05) is 0 Å². The first-order chi connectivity index (χ1) is 6.22. The zero-order chi connectivity index (χ0) is 9.68. The maximum Gasteiger partial charge on any atom is 0.324 e. The fraction of sp³-hybridized carbons (Fsp3) is 0.222. The van der Waals surface area contributed by atoms with Crippen molar-refractivity contribution in [2.45, 2.75) is 12.8 Å². The number of rotatable bonds is 3. The predicted molar refractivity (Wildman–Crippen MR) is 46.7 cm³/mol. The van der Waals surface area contributed by atoms with Crippen molar-refractivity contribution in [1.29, 1.82) is 0 Å². The highest BCUT2D eigenvalue weighted by molar-refractivity contribution is 5.69. The molecular formula is C9H11NO3. The number of hydrogen-bond acceptors (Lipinski definition) is 4. The molecule has 4 nitrogen and oxygen atoms in total. The minimum absolute atomic E-state index is 0.213. The lowest BCUT2D eigenvalue weighted by Gasteiger charge is -1.99. The van der Waals surface area contributed by atoms with E-state index in [0.29, 0.717) is 6.42 Å². The molecule has 0 aromatic heterocycles. The van der Waals surface area contributed by atoms with E-state index in [2.05, 4.69) is 10.7 Å². The molecule has 0 amide bonds. The predicted octanol–water partition coefficient (Wildman–Crippen LogP) is 0.742. The molecule has 0 heterocycles. The van der Waals surface area contributed by atoms with Crippen molar-refractivity contribution < 1.29 is 14.7 Å². The molecule has 0 radical (unpaired) electrons. The van der Waals surface area contributed by atoms with Crippen molar-refractivity contribution in [3.05, 3.63) is 29.8 Å². The molecule has 1 rings (SSSR count). The second-order valence-corrected chi connectivity index (χ2v) is 2.66. The second-order valence-electron chi connectivity index (χ2n) is 2.66. The van der Waals surface area contributed by atoms with Crippen LogP contribution in [-0.4, -0.2) is 11.1 Å². The van der Waals surface area contributed by atoms with Crippen LogP contribution in [0.15, 0.2) is 24.3 Å². The zero-order valence-corrected chi connectivity index (χ0v) is 7.06. The largest absolute Gasteiger partial charge is 0.508 e. The highest BCUT2D eigenvalue weighted by atomic mass is 16.7. The minimum Gasteiger partial charge on any atom is -0.508 e. The van der Waals surface area contributed by atoms with Crippen LogP contribution in [-0.2, 0) is 16.1 Å². The van der Waals surface area contributed by atoms with Gasteiger partial charge in [0.1, 0.15) is 5.75 Å². The summed E-state index contributed by atoms with van der Waals surface area (Å²) >= 11 is 0. The average molecular weight is 181 g/mol. The molecule has 0 unspecified atom stereocenters. The number of phenols is 1. The minimum atomic E-state index is -0.437. The molecule has 1 aromatic carbocycles. The van der Waals surface area contributed by atoms with Crippen LogP contribution >= 0.6 is 0 Å². The number of aromatic hydroxyl groups is 1. The number of carbonyl (C=O) groups is 1. The van der Waals surface area contributed by atoms with Crippen molar-refractivity contribution in [3.8, 4) is 5.75 Å². The SMILES string of the molecule is NOC(=O)CCc1ccc(O)cc1. The molecule has 4 heteroatoms. The van der Waals surface area contributed by atoms with E-state index in [-0.39, 0.29) is 12.2 Å². The highest BCUT2D eigenvalue weighted by Gasteiger charge is 2.01. The van der Waals surface area contributed by atoms with Gasteiger partial charge in [0.2, 0.25) is 0 Å². The van der Waals surface area contributed by atoms with Crippen LogP contribution < -0.4 is 5.90 Å². The van der Waals surface area contributed by atoms with Crippen LogP contribution in [0.5, 0.6) is 5.75 Å². The Morgan fingerprint density at radius 3 is 2.54 bits per heavy atom. The number of aryl methyl sites for hydroxylation is 1. The van der Waals surface area contributed by atoms with E-state index < -0.39 is 5.97 Å². The molecule has 0 aliphatic heterocycles. The molecular weight excluding hydrogens is 170 g/mol. The van der Waals surface area contributed by atoms with E-state index in [1.54, 1.807) is 24.3 Å². The summed E-state index contributed by atoms with van der Waals surface area (Å²) in [5.41, 5.74) is 0.961. The Morgan fingerprint density at radius 1 is 1.38 bits per heavy atom. The Hall–Kier alpha value is -1.55. The molecule has 0 fully saturated rings. The topological polar surface area (TPSA) is 72.5 Å². The van der Waals surface area contributed by atoms with Gasteiger partial charge in [-0.15, -0.1) is 0 Å². The first kappa shape index (κ1) is 9.54. The fourth-order valence-electron chi connectivity index (χ4n) is 0.968. The summed E-state index contributed by atoms with van der Waals surface area (Å²) < 4.78 is 0. The van der Waals surface area contributed by atoms with Crippen LogP contribution in [0.1, 0.15) is 12.0 Å². The number of benzene rings is 1. The number of hydrogen-bond donors (Lipinski definition) is 2. The normalized spacial score (nSPS) is 9.62. The average Bonchev–Trinajstić information content (AvgIpc) is 2.16. The summed E-state index contributed by atoms with van der Waals surface area (Å²) in [7, 11) is 0. The molecule has 0 atom stereocenters. The molecule has 0 aliphatic rings. The Morgan fingerprint density at radius 2 is 2.00 bits per heavy atom. The van der Waals surface area contributed by atoms with Gasteiger partial charge in [-0.1, -0.05) is 12.1 Å². The first-order valence-corrected chi connectivity index (χ1v) is 3.90. The highest BCUT2D eigenvalue weighted by Crippen LogP contribution is 2.10. The third-order valence-corrected chi connectivity index (χ3v) is 1.69. The first-order valence-electron chi connectivity index (χ1n) is 3.90. The van der Waals surface area contributed by atoms with Gasteiger partial charge < -0.3 is 9.94 Å². The van der Waals surface area contributed by atoms with E-state index in [4.69, 9.17) is 5.11 Å². The Labute approximate surface area is 75.9 Å². The third kappa shape index (κ3) is 3.13. The molecule has 13 heavy (non-hydrogen) atoms. The maximum absolute atomic E-state index is 10.7. The third-order valence-electron chi connectivity index (χ3n) is 1.69. The summed E-state index contributed by atoms with van der Waals surface area (Å²) in [5.74, 6) is 4.45. The van der Waals surface area contributed by atoms with Gasteiger partial charge >= 0.3 is 5.97 Å². The standard InChI is InChI=1S/C9H11NO3/c10-13-9(12)6-3-7-1-4-8(11)5-2-7/h1-2,4-5,11H,3,6,10H2. The number of phenolic OH excluding ortho intramolecular Hbond substituents is 1. The zero-order valence-electron chi connectivity index (χ0n) is 7.06. The van der Waals surface area contributed by atoms with Gasteiger partial charge in [0.05, 0.1) is 6.42 Å². The monoisotopic (exact) mass is 181 g/mol. The van der Waals surface area contributed by atoms with Crippen molar-refractivity contribution in [1.82, 2.24) is 0 Å². The molecule has 70 valence electrons. The number of carbonyl (C=O) groups excluding carboxylic acids is 1. The summed E-state index contributed by atoms with van der Waals surface area (Å²) in [6.07, 6.45) is 0.817. The van der Waals surface area contributed by atoms with E-state index in [0.717, 1.165) is 5.56 Å². The summed E-state index contributed by atoms with van der Waals surface area (Å²) in [6.45, 7) is 0. The van der Waals surface area contributed by atoms with Gasteiger partial charge in [0.25, 0.3) is 0 Å². The van der Waals surface area contributed by atoms with Crippen molar-refractivity contribution in [2.75, 3.05) is 0 Å². The lowest BCUT2D eigenvalue weighted by Crippen LogP contribution is -2.10. The molecule has 0 spiro atoms. The van der Waals surface area contributed by atoms with Crippen molar-refractivity contribution in [2.24, 2.45) is 5.90 Å². The quantitative estimate of drug-likeness (QED) is 0.674. The van der Waals surface area contributed by atoms with E-state index in [1.165, 1.54) is 0 Å². The van der Waals surface area contributed by atoms with Crippen LogP contribution in [0.25, 0.3) is 0 Å². The Kier molecular flexibility index (Phi) is 3.28. The smallest absolute Gasteiger partial charge is 0.324 e. The molecule has 0 aliphatic carbocycles. The molecule has 3 N–H and O–H groups in total. The van der Waals surface area contributed by atoms with Crippen molar-refractivity contribution in [3.63, 3.8) is 0 Å². The van der Waals surface area contributed by atoms with Gasteiger partial charge in [-0.25, -0.2) is 0 Å². The van der Waals surface area contributed by atoms with Crippen molar-refractivity contribution >= 4 is 5.97 Å². The van der Waals surface area contributed by atoms with Gasteiger partial charge in [-0.2, -0.15) is 5.90 Å². The van der Waals surface area contributed by atoms with E-state index >= 15 is 0 Å². The van der Waals surface area contributed by atoms with Crippen LogP contribution in [0.4, 0.5) is 0 Å². The van der Waals surface area contributed by atoms with E-state index in [9.17, 15) is 4.79 Å². The van der Waals surface area contributed by atoms with Gasteiger partial charge in [-0.05, 0) is 24.1 Å². The van der Waals surface area contributed by atoms with Gasteiger partial charge in [-0.3, -0.25) is 4.79 Å².